The third-order valence-corrected chi connectivity index (χ3v) is 10.3. The van der Waals surface area contributed by atoms with E-state index in [2.05, 4.69) is 24.5 Å². The Hall–Kier alpha value is 0.194. The summed E-state index contributed by atoms with van der Waals surface area (Å²) in [6.45, 7) is 8.91. The Bertz CT molecular complexity index is 317. The van der Waals surface area contributed by atoms with Gasteiger partial charge in [0.1, 0.15) is 0 Å². The second-order valence-corrected chi connectivity index (χ2v) is 14.2. The lowest BCUT2D eigenvalue weighted by Gasteiger charge is -2.18. The van der Waals surface area contributed by atoms with E-state index in [0.29, 0.717) is 11.1 Å². The molecule has 0 aromatic rings. The summed E-state index contributed by atoms with van der Waals surface area (Å²) in [4.78, 5) is 0. The van der Waals surface area contributed by atoms with Crippen LogP contribution in [0.1, 0.15) is 78.1 Å². The van der Waals surface area contributed by atoms with Gasteiger partial charge >= 0.3 is 18.6 Å². The minimum atomic E-state index is -1.44. The van der Waals surface area contributed by atoms with Gasteiger partial charge < -0.3 is 28.3 Å². The van der Waals surface area contributed by atoms with E-state index in [4.69, 9.17) is 17.7 Å². The van der Waals surface area contributed by atoms with Crippen molar-refractivity contribution in [3.63, 3.8) is 0 Å². The van der Waals surface area contributed by atoms with Crippen LogP contribution in [-0.2, 0) is 17.7 Å². The highest BCUT2D eigenvalue weighted by Crippen LogP contribution is 2.15. The Kier molecular flexibility index (Phi) is 22.5. The first-order valence-electron chi connectivity index (χ1n) is 12.1. The first-order valence-corrected chi connectivity index (χ1v) is 15.3. The minimum absolute atomic E-state index is 0.562. The van der Waals surface area contributed by atoms with Gasteiger partial charge in [-0.15, -0.1) is 0 Å². The van der Waals surface area contributed by atoms with E-state index in [-0.39, 0.29) is 0 Å². The Morgan fingerprint density at radius 3 is 1.10 bits per heavy atom. The Balaban J connectivity index is 3.27. The van der Waals surface area contributed by atoms with Crippen LogP contribution in [0.4, 0.5) is 0 Å². The molecule has 6 nitrogen and oxygen atoms in total. The molecular weight excluding hydrogens is 412 g/mol. The maximum absolute atomic E-state index is 5.44. The molecule has 2 atom stereocenters. The number of unbranched alkanes of at least 4 members (excludes halogenated alkanes) is 7. The maximum atomic E-state index is 5.44. The molecule has 0 amide bonds. The number of rotatable bonds is 23. The average molecular weight is 465 g/mol. The molecule has 0 aliphatic heterocycles. The van der Waals surface area contributed by atoms with Crippen LogP contribution >= 0.6 is 0 Å². The predicted molar refractivity (Wildman–Crippen MR) is 133 cm³/mol. The van der Waals surface area contributed by atoms with Crippen molar-refractivity contribution in [1.29, 1.82) is 0 Å². The Labute approximate surface area is 190 Å². The maximum Gasteiger partial charge on any atom is 0.323 e. The van der Waals surface area contributed by atoms with Gasteiger partial charge in [-0.05, 0) is 62.9 Å². The van der Waals surface area contributed by atoms with Crippen molar-refractivity contribution in [2.75, 3.05) is 54.6 Å². The molecule has 0 radical (unpaired) electrons. The molecule has 8 heteroatoms. The van der Waals surface area contributed by atoms with E-state index in [1.807, 2.05) is 0 Å². The summed E-state index contributed by atoms with van der Waals surface area (Å²) in [6.07, 6.45) is 13.1. The van der Waals surface area contributed by atoms with Crippen molar-refractivity contribution in [3.05, 3.63) is 0 Å². The van der Waals surface area contributed by atoms with Crippen LogP contribution in [0.15, 0.2) is 0 Å². The quantitative estimate of drug-likeness (QED) is 0.177. The van der Waals surface area contributed by atoms with Gasteiger partial charge in [0.15, 0.2) is 0 Å². The lowest BCUT2D eigenvalue weighted by molar-refractivity contribution is 0.264. The van der Waals surface area contributed by atoms with Gasteiger partial charge in [0, 0.05) is 28.4 Å². The smallest absolute Gasteiger partial charge is 0.323 e. The molecule has 0 aliphatic carbocycles. The standard InChI is InChI=1S/C22H52N2O4Si2/c1-21(29(25-3)26-4)15-19-23-17-13-11-9-7-8-10-12-14-18-24-20-16-22(2)30(27-5)28-6/h21-24,29-30H,7-20H2,1-6H3. The fourth-order valence-corrected chi connectivity index (χ4v) is 6.99. The molecule has 0 fully saturated rings. The van der Waals surface area contributed by atoms with Crippen molar-refractivity contribution in [2.45, 2.75) is 89.1 Å². The van der Waals surface area contributed by atoms with Crippen LogP contribution in [-0.4, -0.2) is 73.2 Å². The molecule has 0 aromatic heterocycles. The molecule has 0 aliphatic rings. The third-order valence-electron chi connectivity index (χ3n) is 5.87. The zero-order valence-corrected chi connectivity index (χ0v) is 23.2. The van der Waals surface area contributed by atoms with E-state index in [1.54, 1.807) is 28.4 Å². The van der Waals surface area contributed by atoms with E-state index in [1.165, 1.54) is 51.4 Å². The average Bonchev–Trinajstić information content (AvgIpc) is 2.75. The van der Waals surface area contributed by atoms with Gasteiger partial charge in [-0.2, -0.15) is 0 Å². The molecule has 2 N–H and O–H groups in total. The number of nitrogens with one attached hydrogen (secondary N) is 2. The summed E-state index contributed by atoms with van der Waals surface area (Å²) in [6, 6.07) is 0. The molecule has 0 aromatic carbocycles. The topological polar surface area (TPSA) is 61.0 Å². The molecule has 0 rings (SSSR count). The van der Waals surface area contributed by atoms with Gasteiger partial charge in [0.05, 0.1) is 0 Å². The van der Waals surface area contributed by atoms with Crippen molar-refractivity contribution in [1.82, 2.24) is 10.6 Å². The highest BCUT2D eigenvalue weighted by atomic mass is 28.3. The molecule has 182 valence electrons. The van der Waals surface area contributed by atoms with Crippen LogP contribution in [0.5, 0.6) is 0 Å². The van der Waals surface area contributed by atoms with Crippen LogP contribution in [0.25, 0.3) is 0 Å². The zero-order valence-electron chi connectivity index (χ0n) is 20.8. The molecule has 30 heavy (non-hydrogen) atoms. The van der Waals surface area contributed by atoms with Crippen molar-refractivity contribution < 1.29 is 17.7 Å². The first-order chi connectivity index (χ1) is 14.6. The normalized spacial score (nSPS) is 14.0. The van der Waals surface area contributed by atoms with E-state index >= 15 is 0 Å². The van der Waals surface area contributed by atoms with Gasteiger partial charge in [-0.3, -0.25) is 0 Å². The lowest BCUT2D eigenvalue weighted by Crippen LogP contribution is -2.27. The van der Waals surface area contributed by atoms with Gasteiger partial charge in [-0.1, -0.05) is 52.4 Å². The molecule has 0 saturated carbocycles. The summed E-state index contributed by atoms with van der Waals surface area (Å²) in [5.41, 5.74) is 1.12. The van der Waals surface area contributed by atoms with Crippen LogP contribution in [0.2, 0.25) is 11.1 Å². The van der Waals surface area contributed by atoms with Crippen LogP contribution in [0.3, 0.4) is 0 Å². The molecule has 0 bridgehead atoms. The SMILES string of the molecule is CO[SiH](OC)C(C)CCNCCCCCCCCCCNCCC(C)[SiH](OC)OC. The monoisotopic (exact) mass is 464 g/mol. The highest BCUT2D eigenvalue weighted by molar-refractivity contribution is 6.46. The van der Waals surface area contributed by atoms with Crippen LogP contribution < -0.4 is 10.6 Å². The lowest BCUT2D eigenvalue weighted by atomic mass is 10.1. The predicted octanol–water partition coefficient (Wildman–Crippen LogP) is 3.87. The largest absolute Gasteiger partial charge is 0.400 e. The zero-order chi connectivity index (χ0) is 22.5. The summed E-state index contributed by atoms with van der Waals surface area (Å²) in [7, 11) is 4.20. The van der Waals surface area contributed by atoms with E-state index < -0.39 is 18.6 Å². The first kappa shape index (κ1) is 30.2. The molecule has 0 saturated heterocycles. The second-order valence-electron chi connectivity index (χ2n) is 8.54. The molecule has 0 spiro atoms. The van der Waals surface area contributed by atoms with Crippen molar-refractivity contribution in [2.24, 2.45) is 0 Å². The van der Waals surface area contributed by atoms with Crippen molar-refractivity contribution >= 4 is 18.6 Å². The van der Waals surface area contributed by atoms with E-state index in [0.717, 1.165) is 39.0 Å². The fraction of sp³-hybridized carbons (Fsp3) is 1.00. The molecule has 0 heterocycles. The van der Waals surface area contributed by atoms with Gasteiger partial charge in [0.25, 0.3) is 0 Å². The third kappa shape index (κ3) is 16.8. The molecule has 2 unspecified atom stereocenters. The van der Waals surface area contributed by atoms with Gasteiger partial charge in [-0.25, -0.2) is 0 Å². The Morgan fingerprint density at radius 1 is 0.500 bits per heavy atom. The summed E-state index contributed by atoms with van der Waals surface area (Å²) in [5.74, 6) is 0. The van der Waals surface area contributed by atoms with Gasteiger partial charge in [0.2, 0.25) is 0 Å². The second kappa shape index (κ2) is 22.4. The summed E-state index contributed by atoms with van der Waals surface area (Å²) < 4.78 is 21.8. The number of hydrogen-bond acceptors (Lipinski definition) is 6. The highest BCUT2D eigenvalue weighted by Gasteiger charge is 2.19. The van der Waals surface area contributed by atoms with Crippen molar-refractivity contribution in [3.8, 4) is 0 Å². The summed E-state index contributed by atoms with van der Waals surface area (Å²) in [5, 5.41) is 7.13. The molecular formula is C22H52N2O4Si2. The Morgan fingerprint density at radius 2 is 0.800 bits per heavy atom. The number of hydrogen-bond donors (Lipinski definition) is 2. The van der Waals surface area contributed by atoms with Crippen LogP contribution in [0, 0.1) is 0 Å². The fourth-order valence-electron chi connectivity index (χ4n) is 3.86. The minimum Gasteiger partial charge on any atom is -0.400 e. The van der Waals surface area contributed by atoms with E-state index in [9.17, 15) is 0 Å². The summed E-state index contributed by atoms with van der Waals surface area (Å²) >= 11 is 0.